The van der Waals surface area contributed by atoms with Crippen LogP contribution < -0.4 is 0 Å². The first-order valence-electron chi connectivity index (χ1n) is 10.7. The Bertz CT molecular complexity index is 775. The van der Waals surface area contributed by atoms with Gasteiger partial charge in [0, 0.05) is 19.1 Å². The number of benzene rings is 3. The van der Waals surface area contributed by atoms with Crippen LogP contribution in [0.25, 0.3) is 0 Å². The summed E-state index contributed by atoms with van der Waals surface area (Å²) in [7, 11) is 0. The average molecular weight is 388 g/mol. The molecule has 0 radical (unpaired) electrons. The van der Waals surface area contributed by atoms with Crippen molar-refractivity contribution >= 4 is 0 Å². The van der Waals surface area contributed by atoms with Gasteiger partial charge in [-0.25, -0.2) is 0 Å². The lowest BCUT2D eigenvalue weighted by molar-refractivity contribution is 0.0281. The summed E-state index contributed by atoms with van der Waals surface area (Å²) in [4.78, 5) is 2.46. The summed E-state index contributed by atoms with van der Waals surface area (Å²) in [6.07, 6.45) is 1.23. The molecule has 0 aliphatic rings. The molecule has 2 atom stereocenters. The van der Waals surface area contributed by atoms with Crippen molar-refractivity contribution in [3.8, 4) is 0 Å². The summed E-state index contributed by atoms with van der Waals surface area (Å²) < 4.78 is 0. The van der Waals surface area contributed by atoms with Crippen LogP contribution in [0.1, 0.15) is 37.0 Å². The SMILES string of the molecule is CC(C)C[C@@H]([C@H](O)Cc1ccccc1)N(Cc1ccccc1)Cc1ccccc1. The average Bonchev–Trinajstić information content (AvgIpc) is 2.73. The van der Waals surface area contributed by atoms with Gasteiger partial charge in [0.2, 0.25) is 0 Å². The van der Waals surface area contributed by atoms with Crippen LogP contribution in [-0.2, 0) is 19.5 Å². The Balaban J connectivity index is 1.85. The van der Waals surface area contributed by atoms with E-state index in [1.54, 1.807) is 0 Å². The highest BCUT2D eigenvalue weighted by atomic mass is 16.3. The van der Waals surface area contributed by atoms with E-state index >= 15 is 0 Å². The van der Waals surface area contributed by atoms with E-state index in [1.165, 1.54) is 16.7 Å². The largest absolute Gasteiger partial charge is 0.391 e. The summed E-state index contributed by atoms with van der Waals surface area (Å²) >= 11 is 0. The van der Waals surface area contributed by atoms with E-state index in [2.05, 4.69) is 91.5 Å². The minimum atomic E-state index is -0.410. The van der Waals surface area contributed by atoms with E-state index in [9.17, 15) is 5.11 Å². The van der Waals surface area contributed by atoms with Crippen LogP contribution in [0.4, 0.5) is 0 Å². The Hall–Kier alpha value is -2.42. The molecule has 0 fully saturated rings. The number of aliphatic hydroxyl groups excluding tert-OH is 1. The van der Waals surface area contributed by atoms with E-state index in [-0.39, 0.29) is 6.04 Å². The Morgan fingerprint density at radius 2 is 1.07 bits per heavy atom. The zero-order valence-electron chi connectivity index (χ0n) is 17.6. The second-order valence-corrected chi connectivity index (χ2v) is 8.33. The minimum absolute atomic E-state index is 0.0932. The molecular formula is C27H33NO. The fourth-order valence-corrected chi connectivity index (χ4v) is 3.95. The van der Waals surface area contributed by atoms with Gasteiger partial charge in [0.15, 0.2) is 0 Å². The first-order valence-corrected chi connectivity index (χ1v) is 10.7. The van der Waals surface area contributed by atoms with Crippen molar-refractivity contribution in [3.63, 3.8) is 0 Å². The fourth-order valence-electron chi connectivity index (χ4n) is 3.95. The third kappa shape index (κ3) is 6.85. The monoisotopic (exact) mass is 387 g/mol. The maximum Gasteiger partial charge on any atom is 0.0735 e. The Morgan fingerprint density at radius 1 is 0.655 bits per heavy atom. The van der Waals surface area contributed by atoms with E-state index in [0.29, 0.717) is 12.3 Å². The molecule has 0 heterocycles. The summed E-state index contributed by atoms with van der Waals surface area (Å²) in [5.41, 5.74) is 3.75. The van der Waals surface area contributed by atoms with Crippen molar-refractivity contribution in [1.29, 1.82) is 0 Å². The molecule has 2 heteroatoms. The number of hydrogen-bond acceptors (Lipinski definition) is 2. The first kappa shape index (κ1) is 21.3. The standard InChI is InChI=1S/C27H33NO/c1-22(2)18-26(27(29)19-23-12-6-3-7-13-23)28(20-24-14-8-4-9-15-24)21-25-16-10-5-11-17-25/h3-17,22,26-27,29H,18-21H2,1-2H3/t26-,27+/m0/s1. The molecule has 0 aromatic heterocycles. The molecule has 0 unspecified atom stereocenters. The maximum atomic E-state index is 11.3. The van der Waals surface area contributed by atoms with Gasteiger partial charge < -0.3 is 5.11 Å². The third-order valence-corrected chi connectivity index (χ3v) is 5.37. The molecule has 0 saturated heterocycles. The van der Waals surface area contributed by atoms with Crippen LogP contribution in [0.2, 0.25) is 0 Å². The number of hydrogen-bond donors (Lipinski definition) is 1. The molecule has 1 N–H and O–H groups in total. The second kappa shape index (κ2) is 10.9. The Morgan fingerprint density at radius 3 is 1.48 bits per heavy atom. The lowest BCUT2D eigenvalue weighted by Crippen LogP contribution is -2.44. The summed E-state index contributed by atoms with van der Waals surface area (Å²) in [5.74, 6) is 0.513. The molecule has 0 aliphatic heterocycles. The smallest absolute Gasteiger partial charge is 0.0735 e. The number of nitrogens with zero attached hydrogens (tertiary/aromatic N) is 1. The summed E-state index contributed by atoms with van der Waals surface area (Å²) in [5, 5.41) is 11.3. The van der Waals surface area contributed by atoms with E-state index < -0.39 is 6.10 Å². The second-order valence-electron chi connectivity index (χ2n) is 8.33. The van der Waals surface area contributed by atoms with E-state index in [4.69, 9.17) is 0 Å². The lowest BCUT2D eigenvalue weighted by atomic mass is 9.92. The highest BCUT2D eigenvalue weighted by Gasteiger charge is 2.27. The molecule has 0 aliphatic carbocycles. The van der Waals surface area contributed by atoms with Gasteiger partial charge in [-0.15, -0.1) is 0 Å². The number of rotatable bonds is 10. The van der Waals surface area contributed by atoms with Gasteiger partial charge in [0.1, 0.15) is 0 Å². The van der Waals surface area contributed by atoms with Crippen molar-refractivity contribution < 1.29 is 5.11 Å². The molecule has 3 rings (SSSR count). The predicted octanol–water partition coefficient (Wildman–Crippen LogP) is 5.71. The molecule has 29 heavy (non-hydrogen) atoms. The van der Waals surface area contributed by atoms with Gasteiger partial charge in [-0.3, -0.25) is 4.90 Å². The van der Waals surface area contributed by atoms with Crippen molar-refractivity contribution in [3.05, 3.63) is 108 Å². The molecule has 152 valence electrons. The highest BCUT2D eigenvalue weighted by molar-refractivity contribution is 5.19. The normalized spacial score (nSPS) is 13.6. The molecule has 0 amide bonds. The zero-order chi connectivity index (χ0) is 20.5. The quantitative estimate of drug-likeness (QED) is 0.482. The first-order chi connectivity index (χ1) is 14.1. The summed E-state index contributed by atoms with van der Waals surface area (Å²) in [6, 6.07) is 31.6. The Labute approximate surface area is 175 Å². The Kier molecular flexibility index (Phi) is 8.03. The van der Waals surface area contributed by atoms with Crippen molar-refractivity contribution in [2.75, 3.05) is 0 Å². The van der Waals surface area contributed by atoms with Gasteiger partial charge in [-0.05, 0) is 35.4 Å². The van der Waals surface area contributed by atoms with E-state index in [1.807, 2.05) is 18.2 Å². The van der Waals surface area contributed by atoms with Gasteiger partial charge >= 0.3 is 0 Å². The lowest BCUT2D eigenvalue weighted by Gasteiger charge is -2.36. The van der Waals surface area contributed by atoms with Gasteiger partial charge in [-0.1, -0.05) is 105 Å². The topological polar surface area (TPSA) is 23.5 Å². The van der Waals surface area contributed by atoms with E-state index in [0.717, 1.165) is 19.5 Å². The maximum absolute atomic E-state index is 11.3. The molecule has 3 aromatic rings. The molecule has 0 bridgehead atoms. The zero-order valence-corrected chi connectivity index (χ0v) is 17.6. The molecule has 0 saturated carbocycles. The van der Waals surface area contributed by atoms with Crippen LogP contribution in [0.3, 0.4) is 0 Å². The van der Waals surface area contributed by atoms with Crippen LogP contribution in [0, 0.1) is 5.92 Å². The van der Waals surface area contributed by atoms with Crippen LogP contribution >= 0.6 is 0 Å². The predicted molar refractivity (Wildman–Crippen MR) is 122 cm³/mol. The molecule has 0 spiro atoms. The van der Waals surface area contributed by atoms with Crippen molar-refractivity contribution in [2.45, 2.75) is 51.9 Å². The van der Waals surface area contributed by atoms with Crippen LogP contribution in [0.15, 0.2) is 91.0 Å². The highest BCUT2D eigenvalue weighted by Crippen LogP contribution is 2.23. The molecular weight excluding hydrogens is 354 g/mol. The number of aliphatic hydroxyl groups is 1. The minimum Gasteiger partial charge on any atom is -0.391 e. The fraction of sp³-hybridized carbons (Fsp3) is 0.333. The van der Waals surface area contributed by atoms with Crippen molar-refractivity contribution in [2.24, 2.45) is 5.92 Å². The van der Waals surface area contributed by atoms with Gasteiger partial charge in [0.05, 0.1) is 6.10 Å². The molecule has 2 nitrogen and oxygen atoms in total. The van der Waals surface area contributed by atoms with Gasteiger partial charge in [0.25, 0.3) is 0 Å². The summed E-state index contributed by atoms with van der Waals surface area (Å²) in [6.45, 7) is 6.15. The van der Waals surface area contributed by atoms with Gasteiger partial charge in [-0.2, -0.15) is 0 Å². The van der Waals surface area contributed by atoms with Crippen LogP contribution in [0.5, 0.6) is 0 Å². The third-order valence-electron chi connectivity index (χ3n) is 5.37. The van der Waals surface area contributed by atoms with Crippen molar-refractivity contribution in [1.82, 2.24) is 4.90 Å². The van der Waals surface area contributed by atoms with Crippen LogP contribution in [-0.4, -0.2) is 22.2 Å². The molecule has 3 aromatic carbocycles.